The van der Waals surface area contributed by atoms with Gasteiger partial charge < -0.3 is 10.7 Å². The van der Waals surface area contributed by atoms with E-state index in [0.717, 1.165) is 17.0 Å². The van der Waals surface area contributed by atoms with Gasteiger partial charge in [0.05, 0.1) is 5.69 Å². The lowest BCUT2D eigenvalue weighted by atomic mass is 9.85. The monoisotopic (exact) mass is 527 g/mol. The van der Waals surface area contributed by atoms with Crippen LogP contribution in [0.3, 0.4) is 0 Å². The van der Waals surface area contributed by atoms with Gasteiger partial charge in [0.1, 0.15) is 23.2 Å². The van der Waals surface area contributed by atoms with E-state index in [2.05, 4.69) is 9.97 Å². The molecule has 0 saturated carbocycles. The summed E-state index contributed by atoms with van der Waals surface area (Å²) in [5.41, 5.74) is 9.40. The number of carbonyl (C=O) groups is 2. The van der Waals surface area contributed by atoms with Crippen molar-refractivity contribution in [2.24, 2.45) is 5.73 Å². The van der Waals surface area contributed by atoms with Gasteiger partial charge in [-0.2, -0.15) is 0 Å². The Kier molecular flexibility index (Phi) is 7.27. The summed E-state index contributed by atoms with van der Waals surface area (Å²) < 4.78 is 41.7. The van der Waals surface area contributed by atoms with Crippen LogP contribution in [0.2, 0.25) is 0 Å². The van der Waals surface area contributed by atoms with E-state index in [1.54, 1.807) is 48.8 Å². The maximum Gasteiger partial charge on any atom is 0.248 e. The minimum absolute atomic E-state index is 0.0333. The van der Waals surface area contributed by atoms with Crippen molar-refractivity contribution >= 4 is 22.6 Å². The fraction of sp³-hybridized carbons (Fsp3) is 0.129. The van der Waals surface area contributed by atoms with Crippen molar-refractivity contribution in [2.45, 2.75) is 25.2 Å². The lowest BCUT2D eigenvalue weighted by Gasteiger charge is -2.20. The predicted octanol–water partition coefficient (Wildman–Crippen LogP) is 6.27. The summed E-state index contributed by atoms with van der Waals surface area (Å²) in [5, 5.41) is 0.746. The van der Waals surface area contributed by atoms with E-state index in [1.807, 2.05) is 6.07 Å². The second-order valence-corrected chi connectivity index (χ2v) is 9.48. The number of rotatable bonds is 9. The first-order chi connectivity index (χ1) is 18.8. The third-order valence-corrected chi connectivity index (χ3v) is 6.68. The second kappa shape index (κ2) is 10.9. The Hall–Kier alpha value is -4.72. The van der Waals surface area contributed by atoms with Gasteiger partial charge in [0, 0.05) is 59.2 Å². The van der Waals surface area contributed by atoms with Crippen LogP contribution >= 0.6 is 0 Å². The summed E-state index contributed by atoms with van der Waals surface area (Å²) in [7, 11) is 0. The molecular weight excluding hydrogens is 503 g/mol. The van der Waals surface area contributed by atoms with E-state index in [0.29, 0.717) is 33.5 Å². The van der Waals surface area contributed by atoms with E-state index in [-0.39, 0.29) is 30.9 Å². The number of aromatic amines is 1. The van der Waals surface area contributed by atoms with Crippen molar-refractivity contribution in [1.29, 1.82) is 0 Å². The van der Waals surface area contributed by atoms with Crippen molar-refractivity contribution in [3.63, 3.8) is 0 Å². The zero-order chi connectivity index (χ0) is 27.5. The van der Waals surface area contributed by atoms with E-state index in [1.165, 1.54) is 24.3 Å². The molecule has 39 heavy (non-hydrogen) atoms. The number of hydrogen-bond donors (Lipinski definition) is 2. The van der Waals surface area contributed by atoms with Gasteiger partial charge in [0.25, 0.3) is 0 Å². The summed E-state index contributed by atoms with van der Waals surface area (Å²) >= 11 is 0. The Morgan fingerprint density at radius 2 is 1.69 bits per heavy atom. The van der Waals surface area contributed by atoms with E-state index < -0.39 is 23.5 Å². The van der Waals surface area contributed by atoms with E-state index >= 15 is 0 Å². The summed E-state index contributed by atoms with van der Waals surface area (Å²) in [6, 6.07) is 17.9. The molecule has 0 aliphatic carbocycles. The highest BCUT2D eigenvalue weighted by Crippen LogP contribution is 2.33. The number of aromatic nitrogens is 2. The normalized spacial score (nSPS) is 12.0. The Labute approximate surface area is 222 Å². The van der Waals surface area contributed by atoms with Crippen LogP contribution in [0, 0.1) is 17.5 Å². The summed E-state index contributed by atoms with van der Waals surface area (Å²) in [5.74, 6) is -3.04. The number of nitrogens with two attached hydrogens (primary N) is 1. The van der Waals surface area contributed by atoms with Crippen LogP contribution in [-0.4, -0.2) is 21.7 Å². The maximum absolute atomic E-state index is 14.0. The summed E-state index contributed by atoms with van der Waals surface area (Å²) in [6.45, 7) is 0. The highest BCUT2D eigenvalue weighted by atomic mass is 19.1. The summed E-state index contributed by atoms with van der Waals surface area (Å²) in [4.78, 5) is 32.7. The molecule has 1 atom stereocenters. The molecule has 5 rings (SSSR count). The fourth-order valence-electron chi connectivity index (χ4n) is 4.97. The van der Waals surface area contributed by atoms with Gasteiger partial charge in [-0.25, -0.2) is 13.2 Å². The molecule has 0 radical (unpaired) electrons. The molecule has 0 aliphatic rings. The van der Waals surface area contributed by atoms with Gasteiger partial charge >= 0.3 is 0 Å². The number of Topliss-reactive ketones (excluding diaryl/α,β-unsaturated/α-hetero) is 1. The molecule has 2 heterocycles. The number of primary amides is 1. The lowest BCUT2D eigenvalue weighted by molar-refractivity contribution is -0.118. The van der Waals surface area contributed by atoms with Crippen molar-refractivity contribution < 1.29 is 22.8 Å². The van der Waals surface area contributed by atoms with Gasteiger partial charge in [-0.15, -0.1) is 0 Å². The SMILES string of the molecule is NC(=O)c1cccc(-c2cccnc2[C@@H](CC(=O)Cc2c[nH]c3cc(F)ccc23)Cc2cc(F)cc(F)c2)c1. The number of ketones is 1. The Morgan fingerprint density at radius 1 is 0.897 bits per heavy atom. The number of halogens is 3. The molecular formula is C31H24F3N3O2. The predicted molar refractivity (Wildman–Crippen MR) is 143 cm³/mol. The highest BCUT2D eigenvalue weighted by Gasteiger charge is 2.23. The first kappa shape index (κ1) is 25.9. The second-order valence-electron chi connectivity index (χ2n) is 9.48. The van der Waals surface area contributed by atoms with Crippen molar-refractivity contribution in [1.82, 2.24) is 9.97 Å². The van der Waals surface area contributed by atoms with Crippen LogP contribution < -0.4 is 5.73 Å². The number of fused-ring (bicyclic) bond motifs is 1. The van der Waals surface area contributed by atoms with Gasteiger partial charge in [0.15, 0.2) is 0 Å². The Bertz CT molecular complexity index is 1680. The fourth-order valence-corrected chi connectivity index (χ4v) is 4.97. The molecule has 8 heteroatoms. The Morgan fingerprint density at radius 3 is 2.46 bits per heavy atom. The van der Waals surface area contributed by atoms with Crippen molar-refractivity contribution in [2.75, 3.05) is 0 Å². The first-order valence-corrected chi connectivity index (χ1v) is 12.3. The largest absolute Gasteiger partial charge is 0.366 e. The number of carbonyl (C=O) groups excluding carboxylic acids is 2. The molecule has 0 spiro atoms. The average Bonchev–Trinajstić information content (AvgIpc) is 3.29. The van der Waals surface area contributed by atoms with E-state index in [9.17, 15) is 22.8 Å². The number of benzene rings is 3. The number of pyridine rings is 1. The van der Waals surface area contributed by atoms with Crippen LogP contribution in [0.5, 0.6) is 0 Å². The van der Waals surface area contributed by atoms with E-state index in [4.69, 9.17) is 5.73 Å². The number of hydrogen-bond acceptors (Lipinski definition) is 3. The molecule has 5 nitrogen and oxygen atoms in total. The smallest absolute Gasteiger partial charge is 0.248 e. The highest BCUT2D eigenvalue weighted by molar-refractivity contribution is 5.94. The molecule has 3 aromatic carbocycles. The lowest BCUT2D eigenvalue weighted by Crippen LogP contribution is -2.15. The molecule has 5 aromatic rings. The van der Waals surface area contributed by atoms with Crippen LogP contribution in [0.4, 0.5) is 13.2 Å². The third-order valence-electron chi connectivity index (χ3n) is 6.68. The maximum atomic E-state index is 14.0. The number of amides is 1. The molecule has 0 saturated heterocycles. The topological polar surface area (TPSA) is 88.8 Å². The molecule has 0 unspecified atom stereocenters. The van der Waals surface area contributed by atoms with Gasteiger partial charge in [0.2, 0.25) is 5.91 Å². The quantitative estimate of drug-likeness (QED) is 0.237. The molecule has 3 N–H and O–H groups in total. The van der Waals surface area contributed by atoms with Crippen molar-refractivity contribution in [3.05, 3.63) is 125 Å². The molecule has 1 amide bonds. The minimum Gasteiger partial charge on any atom is -0.366 e. The van der Waals surface area contributed by atoms with Crippen LogP contribution in [-0.2, 0) is 17.6 Å². The van der Waals surface area contributed by atoms with Crippen molar-refractivity contribution in [3.8, 4) is 11.1 Å². The molecule has 196 valence electrons. The Balaban J connectivity index is 1.51. The zero-order valence-corrected chi connectivity index (χ0v) is 20.8. The standard InChI is InChI=1S/C31H24F3N3O2/c32-23-6-7-27-22(17-37-29(27)16-23)14-26(38)13-21(9-18-10-24(33)15-25(34)11-18)30-28(5-2-8-36-30)19-3-1-4-20(12-19)31(35)39/h1-8,10-12,15-17,21,37H,9,13-14H2,(H2,35,39)/t21-/m1/s1. The zero-order valence-electron chi connectivity index (χ0n) is 20.8. The number of H-pyrrole nitrogens is 1. The molecule has 0 bridgehead atoms. The molecule has 0 fully saturated rings. The van der Waals surface area contributed by atoms with Crippen LogP contribution in [0.15, 0.2) is 85.2 Å². The van der Waals surface area contributed by atoms with Gasteiger partial charge in [-0.05, 0) is 71.6 Å². The van der Waals surface area contributed by atoms with Crippen LogP contribution in [0.25, 0.3) is 22.0 Å². The van der Waals surface area contributed by atoms with Gasteiger partial charge in [-0.3, -0.25) is 14.6 Å². The molecule has 2 aromatic heterocycles. The third kappa shape index (κ3) is 5.90. The number of nitrogens with zero attached hydrogens (tertiary/aromatic N) is 1. The van der Waals surface area contributed by atoms with Crippen LogP contribution in [0.1, 0.15) is 39.5 Å². The minimum atomic E-state index is -0.712. The molecule has 0 aliphatic heterocycles. The van der Waals surface area contributed by atoms with Gasteiger partial charge in [-0.1, -0.05) is 18.2 Å². The summed E-state index contributed by atoms with van der Waals surface area (Å²) in [6.07, 6.45) is 3.54. The average molecular weight is 528 g/mol. The number of nitrogens with one attached hydrogen (secondary N) is 1. The first-order valence-electron chi connectivity index (χ1n) is 12.3.